The van der Waals surface area contributed by atoms with E-state index in [1.807, 2.05) is 22.9 Å². The third-order valence-electron chi connectivity index (χ3n) is 4.10. The van der Waals surface area contributed by atoms with Crippen molar-refractivity contribution in [3.63, 3.8) is 0 Å². The number of carbonyl (C=O) groups is 1. The second kappa shape index (κ2) is 8.13. The van der Waals surface area contributed by atoms with Crippen molar-refractivity contribution in [2.24, 2.45) is 0 Å². The Morgan fingerprint density at radius 1 is 1.39 bits per heavy atom. The molecule has 1 aromatic heterocycles. The Kier molecular flexibility index (Phi) is 6.19. The fourth-order valence-electron chi connectivity index (χ4n) is 2.91. The molecule has 1 aliphatic rings. The highest BCUT2D eigenvalue weighted by molar-refractivity contribution is 5.95. The quantitative estimate of drug-likeness (QED) is 0.879. The van der Waals surface area contributed by atoms with Crippen molar-refractivity contribution in [2.45, 2.75) is 32.4 Å². The van der Waals surface area contributed by atoms with Gasteiger partial charge in [-0.2, -0.15) is 5.10 Å². The fourth-order valence-corrected chi connectivity index (χ4v) is 2.91. The zero-order valence-corrected chi connectivity index (χ0v) is 14.1. The van der Waals surface area contributed by atoms with Gasteiger partial charge in [0.2, 0.25) is 0 Å². The average Bonchev–Trinajstić information content (AvgIpc) is 3.17. The van der Waals surface area contributed by atoms with Crippen LogP contribution in [0.4, 0.5) is 0 Å². The molecule has 1 aliphatic heterocycles. The lowest BCUT2D eigenvalue weighted by atomic mass is 10.1. The van der Waals surface area contributed by atoms with Crippen molar-refractivity contribution in [1.82, 2.24) is 20.4 Å². The highest BCUT2D eigenvalue weighted by Crippen LogP contribution is 2.13. The van der Waals surface area contributed by atoms with Crippen molar-refractivity contribution in [1.29, 1.82) is 0 Å². The number of benzene rings is 1. The minimum atomic E-state index is -0.00939. The van der Waals surface area contributed by atoms with E-state index in [0.717, 1.165) is 31.6 Å². The summed E-state index contributed by atoms with van der Waals surface area (Å²) in [4.78, 5) is 12.5. The molecule has 0 radical (unpaired) electrons. The van der Waals surface area contributed by atoms with Gasteiger partial charge in [-0.25, -0.2) is 0 Å². The van der Waals surface area contributed by atoms with Gasteiger partial charge in [0, 0.05) is 12.6 Å². The summed E-state index contributed by atoms with van der Waals surface area (Å²) in [5.41, 5.74) is 2.88. The molecule has 2 heterocycles. The second-order valence-electron chi connectivity index (χ2n) is 5.66. The molecule has 23 heavy (non-hydrogen) atoms. The van der Waals surface area contributed by atoms with Gasteiger partial charge < -0.3 is 10.6 Å². The largest absolute Gasteiger partial charge is 0.348 e. The maximum atomic E-state index is 12.5. The number of amides is 1. The van der Waals surface area contributed by atoms with Crippen LogP contribution in [0.3, 0.4) is 0 Å². The van der Waals surface area contributed by atoms with Gasteiger partial charge in [0.1, 0.15) is 0 Å². The molecule has 6 heteroatoms. The first kappa shape index (κ1) is 17.5. The van der Waals surface area contributed by atoms with Gasteiger partial charge >= 0.3 is 0 Å². The van der Waals surface area contributed by atoms with Crippen LogP contribution in [0.1, 0.15) is 35.0 Å². The van der Waals surface area contributed by atoms with Gasteiger partial charge in [0.25, 0.3) is 5.91 Å². The SMILES string of the molecule is CCc1c(C(=O)NC2CCNC2)cnn1Cc1ccccc1.Cl. The van der Waals surface area contributed by atoms with E-state index in [9.17, 15) is 4.79 Å². The lowest BCUT2D eigenvalue weighted by Gasteiger charge is -2.12. The lowest BCUT2D eigenvalue weighted by molar-refractivity contribution is 0.0939. The Morgan fingerprint density at radius 3 is 2.83 bits per heavy atom. The third kappa shape index (κ3) is 4.12. The van der Waals surface area contributed by atoms with Gasteiger partial charge in [-0.05, 0) is 24.9 Å². The first-order chi connectivity index (χ1) is 10.8. The molecule has 1 fully saturated rings. The van der Waals surface area contributed by atoms with Crippen LogP contribution in [-0.2, 0) is 13.0 Å². The maximum absolute atomic E-state index is 12.5. The molecule has 1 atom stereocenters. The molecule has 1 saturated heterocycles. The fraction of sp³-hybridized carbons (Fsp3) is 0.412. The van der Waals surface area contributed by atoms with Crippen LogP contribution in [-0.4, -0.2) is 34.8 Å². The number of rotatable bonds is 5. The molecule has 1 aromatic carbocycles. The summed E-state index contributed by atoms with van der Waals surface area (Å²) >= 11 is 0. The van der Waals surface area contributed by atoms with Gasteiger partial charge in [0.15, 0.2) is 0 Å². The molecule has 2 N–H and O–H groups in total. The van der Waals surface area contributed by atoms with E-state index >= 15 is 0 Å². The minimum Gasteiger partial charge on any atom is -0.348 e. The van der Waals surface area contributed by atoms with Gasteiger partial charge in [-0.15, -0.1) is 12.4 Å². The zero-order valence-electron chi connectivity index (χ0n) is 13.3. The summed E-state index contributed by atoms with van der Waals surface area (Å²) in [5.74, 6) is -0.00939. The smallest absolute Gasteiger partial charge is 0.255 e. The zero-order chi connectivity index (χ0) is 15.4. The van der Waals surface area contributed by atoms with Crippen molar-refractivity contribution >= 4 is 18.3 Å². The first-order valence-corrected chi connectivity index (χ1v) is 7.88. The van der Waals surface area contributed by atoms with Crippen LogP contribution in [0.15, 0.2) is 36.5 Å². The number of carbonyl (C=O) groups excluding carboxylic acids is 1. The average molecular weight is 335 g/mol. The number of nitrogens with zero attached hydrogens (tertiary/aromatic N) is 2. The van der Waals surface area contributed by atoms with Crippen LogP contribution >= 0.6 is 12.4 Å². The highest BCUT2D eigenvalue weighted by Gasteiger charge is 2.21. The molecule has 124 valence electrons. The molecular weight excluding hydrogens is 312 g/mol. The Labute approximate surface area is 142 Å². The minimum absolute atomic E-state index is 0. The van der Waals surface area contributed by atoms with E-state index in [0.29, 0.717) is 12.1 Å². The summed E-state index contributed by atoms with van der Waals surface area (Å²) in [6.07, 6.45) is 3.48. The van der Waals surface area contributed by atoms with Gasteiger partial charge in [0.05, 0.1) is 24.0 Å². The van der Waals surface area contributed by atoms with Crippen LogP contribution in [0.2, 0.25) is 0 Å². The highest BCUT2D eigenvalue weighted by atomic mass is 35.5. The molecule has 5 nitrogen and oxygen atoms in total. The summed E-state index contributed by atoms with van der Waals surface area (Å²) in [6, 6.07) is 10.4. The lowest BCUT2D eigenvalue weighted by Crippen LogP contribution is -2.36. The predicted molar refractivity (Wildman–Crippen MR) is 93.1 cm³/mol. The molecule has 0 saturated carbocycles. The van der Waals surface area contributed by atoms with E-state index in [1.165, 1.54) is 5.56 Å². The van der Waals surface area contributed by atoms with Crippen LogP contribution in [0, 0.1) is 0 Å². The third-order valence-corrected chi connectivity index (χ3v) is 4.10. The topological polar surface area (TPSA) is 59.0 Å². The van der Waals surface area contributed by atoms with Crippen LogP contribution < -0.4 is 10.6 Å². The second-order valence-corrected chi connectivity index (χ2v) is 5.66. The van der Waals surface area contributed by atoms with Crippen molar-refractivity contribution in [3.8, 4) is 0 Å². The van der Waals surface area contributed by atoms with Crippen LogP contribution in [0.25, 0.3) is 0 Å². The van der Waals surface area contributed by atoms with E-state index in [-0.39, 0.29) is 24.4 Å². The van der Waals surface area contributed by atoms with E-state index in [1.54, 1.807) is 6.20 Å². The standard InChI is InChI=1S/C17H22N4O.ClH/c1-2-16-15(17(22)20-14-8-9-18-10-14)11-19-21(16)12-13-6-4-3-5-7-13;/h3-7,11,14,18H,2,8-10,12H2,1H3,(H,20,22);1H. The van der Waals surface area contributed by atoms with Gasteiger partial charge in [-0.1, -0.05) is 37.3 Å². The Bertz CT molecular complexity index is 635. The van der Waals surface area contributed by atoms with E-state index < -0.39 is 0 Å². The number of hydrogen-bond acceptors (Lipinski definition) is 3. The number of nitrogens with one attached hydrogen (secondary N) is 2. The summed E-state index contributed by atoms with van der Waals surface area (Å²) < 4.78 is 1.93. The monoisotopic (exact) mass is 334 g/mol. The molecule has 0 aliphatic carbocycles. The molecular formula is C17H23ClN4O. The predicted octanol–water partition coefficient (Wildman–Crippen LogP) is 2.01. The van der Waals surface area contributed by atoms with E-state index in [4.69, 9.17) is 0 Å². The molecule has 1 unspecified atom stereocenters. The molecule has 1 amide bonds. The van der Waals surface area contributed by atoms with Crippen molar-refractivity contribution < 1.29 is 4.79 Å². The Hall–Kier alpha value is -1.85. The van der Waals surface area contributed by atoms with E-state index in [2.05, 4.69) is 34.8 Å². The Morgan fingerprint density at radius 2 is 2.17 bits per heavy atom. The molecule has 2 aromatic rings. The van der Waals surface area contributed by atoms with Crippen LogP contribution in [0.5, 0.6) is 0 Å². The van der Waals surface area contributed by atoms with Gasteiger partial charge in [-0.3, -0.25) is 9.48 Å². The normalized spacial score (nSPS) is 16.8. The summed E-state index contributed by atoms with van der Waals surface area (Å²) in [6.45, 7) is 4.58. The maximum Gasteiger partial charge on any atom is 0.255 e. The van der Waals surface area contributed by atoms with Crippen molar-refractivity contribution in [2.75, 3.05) is 13.1 Å². The summed E-state index contributed by atoms with van der Waals surface area (Å²) in [5, 5.41) is 10.8. The molecule has 0 spiro atoms. The number of hydrogen-bond donors (Lipinski definition) is 2. The number of halogens is 1. The summed E-state index contributed by atoms with van der Waals surface area (Å²) in [7, 11) is 0. The first-order valence-electron chi connectivity index (χ1n) is 7.88. The Balaban J connectivity index is 0.00000192. The molecule has 0 bridgehead atoms. The molecule has 3 rings (SSSR count). The number of aromatic nitrogens is 2. The van der Waals surface area contributed by atoms with Crippen molar-refractivity contribution in [3.05, 3.63) is 53.3 Å².